The number of alkyl halides is 1. The van der Waals surface area contributed by atoms with Crippen molar-refractivity contribution in [2.75, 3.05) is 6.54 Å². The number of allylic oxidation sites excluding steroid dienone is 4. The van der Waals surface area contributed by atoms with Gasteiger partial charge in [-0.3, -0.25) is 9.59 Å². The molecule has 2 unspecified atom stereocenters. The molecule has 1 fully saturated rings. The summed E-state index contributed by atoms with van der Waals surface area (Å²) in [7, 11) is 0. The first-order chi connectivity index (χ1) is 13.7. The summed E-state index contributed by atoms with van der Waals surface area (Å²) >= 11 is 0. The lowest BCUT2D eigenvalue weighted by Crippen LogP contribution is -2.47. The second kappa shape index (κ2) is 6.50. The Kier molecular flexibility index (Phi) is 4.33. The van der Waals surface area contributed by atoms with Gasteiger partial charge in [0, 0.05) is 12.6 Å². The number of nitrogens with zero attached hydrogens (tertiary/aromatic N) is 4. The Hall–Kier alpha value is -3.03. The number of nitrogens with two attached hydrogens (primary N) is 1. The van der Waals surface area contributed by atoms with Gasteiger partial charge >= 0.3 is 0 Å². The zero-order valence-corrected chi connectivity index (χ0v) is 16.7. The van der Waals surface area contributed by atoms with Crippen LogP contribution >= 0.6 is 0 Å². The number of hydrogen-bond acceptors (Lipinski definition) is 4. The van der Waals surface area contributed by atoms with E-state index < -0.39 is 23.0 Å². The number of hydrogen-bond donors (Lipinski definition) is 1. The van der Waals surface area contributed by atoms with E-state index in [1.54, 1.807) is 35.2 Å². The molecule has 0 bridgehead atoms. The van der Waals surface area contributed by atoms with Crippen LogP contribution in [-0.4, -0.2) is 49.7 Å². The second-order valence-electron chi connectivity index (χ2n) is 8.62. The molecular weight excluding hydrogens is 373 g/mol. The molecule has 0 saturated carbocycles. The summed E-state index contributed by atoms with van der Waals surface area (Å²) in [5.41, 5.74) is 5.38. The molecule has 2 amide bonds. The fourth-order valence-corrected chi connectivity index (χ4v) is 4.04. The summed E-state index contributed by atoms with van der Waals surface area (Å²) in [5, 5.41) is 5.03. The van der Waals surface area contributed by atoms with Crippen molar-refractivity contribution < 1.29 is 14.0 Å². The average Bonchev–Trinajstić information content (AvgIpc) is 3.35. The first kappa shape index (κ1) is 19.3. The van der Waals surface area contributed by atoms with Crippen LogP contribution in [0.5, 0.6) is 0 Å². The zero-order valence-electron chi connectivity index (χ0n) is 16.7. The Balaban J connectivity index is 1.72. The molecule has 8 heteroatoms. The van der Waals surface area contributed by atoms with E-state index >= 15 is 0 Å². The highest BCUT2D eigenvalue weighted by Crippen LogP contribution is 2.48. The number of carbonyl (C=O) groups excluding carboxylic acids is 2. The van der Waals surface area contributed by atoms with E-state index in [1.807, 2.05) is 26.8 Å². The van der Waals surface area contributed by atoms with Crippen molar-refractivity contribution in [2.45, 2.75) is 45.4 Å². The van der Waals surface area contributed by atoms with Crippen LogP contribution in [0.1, 0.15) is 37.7 Å². The highest BCUT2D eigenvalue weighted by molar-refractivity contribution is 6.09. The summed E-state index contributed by atoms with van der Waals surface area (Å²) in [6, 6.07) is 3.48. The van der Waals surface area contributed by atoms with Crippen LogP contribution in [0.4, 0.5) is 4.39 Å². The van der Waals surface area contributed by atoms with Crippen molar-refractivity contribution in [2.24, 2.45) is 11.1 Å². The van der Waals surface area contributed by atoms with Crippen molar-refractivity contribution >= 4 is 22.8 Å². The fourth-order valence-electron chi connectivity index (χ4n) is 4.04. The smallest absolute Gasteiger partial charge is 0.276 e. The van der Waals surface area contributed by atoms with Gasteiger partial charge in [-0.2, -0.15) is 5.10 Å². The van der Waals surface area contributed by atoms with Gasteiger partial charge < -0.3 is 10.6 Å². The summed E-state index contributed by atoms with van der Waals surface area (Å²) < 4.78 is 15.8. The van der Waals surface area contributed by atoms with Crippen molar-refractivity contribution in [3.8, 4) is 0 Å². The molecule has 0 radical (unpaired) electrons. The van der Waals surface area contributed by atoms with Gasteiger partial charge in [-0.1, -0.05) is 39.0 Å². The average molecular weight is 397 g/mol. The maximum atomic E-state index is 14.3. The highest BCUT2D eigenvalue weighted by Gasteiger charge is 2.66. The Morgan fingerprint density at radius 2 is 2.14 bits per heavy atom. The lowest BCUT2D eigenvalue weighted by atomic mass is 9.79. The van der Waals surface area contributed by atoms with Crippen LogP contribution < -0.4 is 5.73 Å². The van der Waals surface area contributed by atoms with Crippen molar-refractivity contribution in [1.29, 1.82) is 0 Å². The molecular formula is C21H24FN5O2. The van der Waals surface area contributed by atoms with Crippen LogP contribution in [0.15, 0.2) is 42.1 Å². The van der Waals surface area contributed by atoms with E-state index in [2.05, 4.69) is 10.1 Å². The normalized spacial score (nSPS) is 23.9. The molecule has 152 valence electrons. The molecule has 0 aromatic carbocycles. The molecule has 2 aliphatic rings. The van der Waals surface area contributed by atoms with E-state index in [1.165, 1.54) is 4.90 Å². The van der Waals surface area contributed by atoms with Gasteiger partial charge in [-0.25, -0.2) is 14.1 Å². The predicted molar refractivity (Wildman–Crippen MR) is 107 cm³/mol. The van der Waals surface area contributed by atoms with Crippen molar-refractivity contribution in [3.05, 3.63) is 47.8 Å². The molecule has 7 nitrogen and oxygen atoms in total. The quantitative estimate of drug-likeness (QED) is 0.802. The lowest BCUT2D eigenvalue weighted by Gasteiger charge is -2.28. The second-order valence-corrected chi connectivity index (χ2v) is 8.62. The summed E-state index contributed by atoms with van der Waals surface area (Å²) in [5.74, 6) is -0.899. The fraction of sp³-hybridized carbons (Fsp3) is 0.429. The minimum atomic E-state index is -1.09. The first-order valence-electron chi connectivity index (χ1n) is 9.60. The number of halogens is 1. The number of fused-ring (bicyclic) bond motifs is 1. The lowest BCUT2D eigenvalue weighted by molar-refractivity contribution is -0.124. The number of carbonyl (C=O) groups is 2. The van der Waals surface area contributed by atoms with Gasteiger partial charge in [-0.05, 0) is 23.1 Å². The van der Waals surface area contributed by atoms with Gasteiger partial charge in [-0.15, -0.1) is 0 Å². The standard InChI is InChI=1S/C21H24FN5O2/c1-20(2,3)21(19(23)29)12-26(21)18(28)16-14-8-6-10-24-17(14)27(25-16)11-13-7-4-5-9-15(13)22/h4-8,10,15H,9,11-12H2,1-3H3,(H2,23,29). The number of pyridine rings is 1. The Morgan fingerprint density at radius 3 is 2.76 bits per heavy atom. The number of aromatic nitrogens is 3. The molecule has 3 heterocycles. The van der Waals surface area contributed by atoms with Gasteiger partial charge in [0.15, 0.2) is 11.3 Å². The first-order valence-corrected chi connectivity index (χ1v) is 9.60. The van der Waals surface area contributed by atoms with Gasteiger partial charge in [0.25, 0.3) is 5.91 Å². The molecule has 1 aliphatic heterocycles. The van der Waals surface area contributed by atoms with Crippen LogP contribution in [0.2, 0.25) is 0 Å². The predicted octanol–water partition coefficient (Wildman–Crippen LogP) is 2.38. The van der Waals surface area contributed by atoms with Gasteiger partial charge in [0.2, 0.25) is 5.91 Å². The molecule has 2 atom stereocenters. The summed E-state index contributed by atoms with van der Waals surface area (Å²) in [4.78, 5) is 31.3. The Bertz CT molecular complexity index is 1060. The molecule has 2 aromatic heterocycles. The molecule has 2 aromatic rings. The molecule has 4 rings (SSSR count). The number of primary amides is 1. The van der Waals surface area contributed by atoms with E-state index in [0.717, 1.165) is 0 Å². The number of rotatable bonds is 4. The topological polar surface area (TPSA) is 93.9 Å². The molecule has 2 N–H and O–H groups in total. The molecule has 0 spiro atoms. The third kappa shape index (κ3) is 2.94. The Morgan fingerprint density at radius 1 is 1.38 bits per heavy atom. The Labute approximate surface area is 168 Å². The highest BCUT2D eigenvalue weighted by atomic mass is 19.1. The largest absolute Gasteiger partial charge is 0.368 e. The van der Waals surface area contributed by atoms with E-state index in [9.17, 15) is 14.0 Å². The van der Waals surface area contributed by atoms with Crippen LogP contribution in [-0.2, 0) is 11.3 Å². The summed E-state index contributed by atoms with van der Waals surface area (Å²) in [6.07, 6.45) is 6.17. The van der Waals surface area contributed by atoms with Crippen LogP contribution in [0, 0.1) is 5.41 Å². The maximum Gasteiger partial charge on any atom is 0.276 e. The third-order valence-electron chi connectivity index (χ3n) is 5.87. The van der Waals surface area contributed by atoms with Gasteiger partial charge in [0.1, 0.15) is 11.7 Å². The van der Waals surface area contributed by atoms with E-state index in [4.69, 9.17) is 5.73 Å². The van der Waals surface area contributed by atoms with Crippen LogP contribution in [0.25, 0.3) is 11.0 Å². The molecule has 1 aliphatic carbocycles. The van der Waals surface area contributed by atoms with E-state index in [0.29, 0.717) is 23.0 Å². The minimum absolute atomic E-state index is 0.197. The number of amides is 2. The van der Waals surface area contributed by atoms with Crippen molar-refractivity contribution in [3.63, 3.8) is 0 Å². The summed E-state index contributed by atoms with van der Waals surface area (Å²) in [6.45, 7) is 6.10. The van der Waals surface area contributed by atoms with E-state index in [-0.39, 0.29) is 24.7 Å². The molecule has 1 saturated heterocycles. The maximum absolute atomic E-state index is 14.3. The molecule has 29 heavy (non-hydrogen) atoms. The SMILES string of the molecule is CC(C)(C)C1(C(N)=O)CN1C(=O)c1nn(CC2=CC=CCC2F)c2ncccc12. The monoisotopic (exact) mass is 397 g/mol. The van der Waals surface area contributed by atoms with Crippen LogP contribution in [0.3, 0.4) is 0 Å². The zero-order chi connectivity index (χ0) is 21.0. The van der Waals surface area contributed by atoms with Gasteiger partial charge in [0.05, 0.1) is 18.5 Å². The third-order valence-corrected chi connectivity index (χ3v) is 5.87. The minimum Gasteiger partial charge on any atom is -0.368 e. The van der Waals surface area contributed by atoms with Crippen molar-refractivity contribution in [1.82, 2.24) is 19.7 Å².